The van der Waals surface area contributed by atoms with Crippen molar-refractivity contribution >= 4 is 34.8 Å². The second kappa shape index (κ2) is 5.33. The van der Waals surface area contributed by atoms with E-state index in [1.54, 1.807) is 0 Å². The Bertz CT molecular complexity index is 539. The van der Waals surface area contributed by atoms with E-state index < -0.39 is 32.9 Å². The molecule has 1 atom stereocenters. The van der Waals surface area contributed by atoms with Crippen molar-refractivity contribution in [3.05, 3.63) is 34.9 Å². The summed E-state index contributed by atoms with van der Waals surface area (Å²) in [4.78, 5) is 0. The number of alkyl halides is 9. The molecule has 124 valence electrons. The van der Waals surface area contributed by atoms with Gasteiger partial charge < -0.3 is 4.74 Å². The minimum Gasteiger partial charge on any atom is -0.364 e. The molecule has 1 nitrogen and oxygen atoms in total. The molecule has 1 aromatic rings. The van der Waals surface area contributed by atoms with Gasteiger partial charge in [0.2, 0.25) is 0 Å². The molecule has 1 aliphatic heterocycles. The molecule has 1 aliphatic rings. The van der Waals surface area contributed by atoms with Gasteiger partial charge in [-0.15, -0.1) is 0 Å². The lowest BCUT2D eigenvalue weighted by Gasteiger charge is -2.21. The minimum absolute atomic E-state index is 0.0366. The maximum absolute atomic E-state index is 12.8. The lowest BCUT2D eigenvalue weighted by molar-refractivity contribution is -0.143. The van der Waals surface area contributed by atoms with Crippen LogP contribution in [-0.2, 0) is 22.7 Å². The highest BCUT2D eigenvalue weighted by Crippen LogP contribution is 2.51. The monoisotopic (exact) mass is 386 g/mol. The van der Waals surface area contributed by atoms with Gasteiger partial charge in [-0.2, -0.15) is 26.3 Å². The van der Waals surface area contributed by atoms with Crippen LogP contribution < -0.4 is 0 Å². The van der Waals surface area contributed by atoms with Crippen LogP contribution in [0.4, 0.5) is 26.3 Å². The highest BCUT2D eigenvalue weighted by Gasteiger charge is 2.52. The largest absolute Gasteiger partial charge is 0.416 e. The fourth-order valence-corrected chi connectivity index (χ4v) is 2.65. The summed E-state index contributed by atoms with van der Waals surface area (Å²) in [5.41, 5.74) is -4.64. The summed E-state index contributed by atoms with van der Waals surface area (Å²) in [6, 6.07) is 1.20. The zero-order valence-electron chi connectivity index (χ0n) is 10.5. The molecular weight excluding hydrogens is 380 g/mol. The summed E-state index contributed by atoms with van der Waals surface area (Å²) in [6.45, 7) is -0.125. The molecule has 1 aromatic carbocycles. The van der Waals surface area contributed by atoms with Crippen molar-refractivity contribution in [2.75, 3.05) is 6.61 Å². The van der Waals surface area contributed by atoms with Crippen molar-refractivity contribution < 1.29 is 31.1 Å². The second-order valence-corrected chi connectivity index (χ2v) is 7.39. The molecule has 22 heavy (non-hydrogen) atoms. The Morgan fingerprint density at radius 3 is 1.59 bits per heavy atom. The van der Waals surface area contributed by atoms with Gasteiger partial charge in [-0.1, -0.05) is 34.8 Å². The van der Waals surface area contributed by atoms with Crippen LogP contribution in [0, 0.1) is 0 Å². The molecule has 1 saturated heterocycles. The Kier molecular flexibility index (Phi) is 4.35. The van der Waals surface area contributed by atoms with E-state index in [1.165, 1.54) is 0 Å². The molecule has 0 aliphatic carbocycles. The summed E-state index contributed by atoms with van der Waals surface area (Å²) in [5.74, 6) is 0. The first-order valence-corrected chi connectivity index (χ1v) is 6.87. The van der Waals surface area contributed by atoms with Crippen LogP contribution in [0.2, 0.25) is 0 Å². The first-order valence-electron chi connectivity index (χ1n) is 5.74. The number of rotatable bonds is 2. The van der Waals surface area contributed by atoms with Crippen LogP contribution in [0.1, 0.15) is 23.1 Å². The Hall–Kier alpha value is -0.370. The molecule has 0 bridgehead atoms. The van der Waals surface area contributed by atoms with E-state index in [1.807, 2.05) is 0 Å². The van der Waals surface area contributed by atoms with Gasteiger partial charge in [0.15, 0.2) is 3.79 Å². The normalized spacial score (nSPS) is 22.8. The number of ether oxygens (including phenoxy) is 1. The molecule has 0 saturated carbocycles. The third-order valence-corrected chi connectivity index (χ3v) is 3.49. The predicted molar refractivity (Wildman–Crippen MR) is 69.0 cm³/mol. The highest BCUT2D eigenvalue weighted by molar-refractivity contribution is 6.67. The Balaban J connectivity index is 2.52. The summed E-state index contributed by atoms with van der Waals surface area (Å²) in [6.07, 6.45) is -10.2. The van der Waals surface area contributed by atoms with Crippen LogP contribution in [0.3, 0.4) is 0 Å². The van der Waals surface area contributed by atoms with E-state index >= 15 is 0 Å². The lowest BCUT2D eigenvalue weighted by Crippen LogP contribution is -2.20. The predicted octanol–water partition coefficient (Wildman–Crippen LogP) is 5.71. The van der Waals surface area contributed by atoms with Gasteiger partial charge in [0.25, 0.3) is 0 Å². The third kappa shape index (κ3) is 4.13. The van der Waals surface area contributed by atoms with E-state index in [9.17, 15) is 26.3 Å². The average Bonchev–Trinajstić information content (AvgIpc) is 3.04. The molecule has 0 N–H and O–H groups in total. The van der Waals surface area contributed by atoms with Crippen molar-refractivity contribution in [1.29, 1.82) is 0 Å². The molecule has 1 unspecified atom stereocenters. The van der Waals surface area contributed by atoms with Gasteiger partial charge in [-0.3, -0.25) is 0 Å². The van der Waals surface area contributed by atoms with Gasteiger partial charge in [0.05, 0.1) is 17.7 Å². The second-order valence-electron chi connectivity index (χ2n) is 4.87. The number of halogens is 9. The standard InChI is InChI=1S/C12H7Cl3F6O/c13-10(14,15)4-9(5-22-9)6-1-7(11(16,17)18)3-8(2-6)12(19,20)21/h1-3H,4-5H2. The Morgan fingerprint density at radius 2 is 1.32 bits per heavy atom. The molecule has 10 heteroatoms. The first kappa shape index (κ1) is 18.0. The van der Waals surface area contributed by atoms with E-state index in [-0.39, 0.29) is 24.7 Å². The van der Waals surface area contributed by atoms with Gasteiger partial charge >= 0.3 is 12.4 Å². The fraction of sp³-hybridized carbons (Fsp3) is 0.500. The quantitative estimate of drug-likeness (QED) is 0.360. The third-order valence-electron chi connectivity index (χ3n) is 3.09. The summed E-state index contributed by atoms with van der Waals surface area (Å²) in [5, 5.41) is 0. The molecule has 0 aromatic heterocycles. The van der Waals surface area contributed by atoms with Crippen LogP contribution in [0.15, 0.2) is 18.2 Å². The number of epoxide rings is 1. The molecule has 0 spiro atoms. The highest BCUT2D eigenvalue weighted by atomic mass is 35.6. The zero-order chi connectivity index (χ0) is 17.0. The van der Waals surface area contributed by atoms with E-state index in [2.05, 4.69) is 0 Å². The van der Waals surface area contributed by atoms with Crippen LogP contribution in [0.5, 0.6) is 0 Å². The van der Waals surface area contributed by atoms with E-state index in [0.29, 0.717) is 12.1 Å². The number of hydrogen-bond donors (Lipinski definition) is 0. The number of benzene rings is 1. The molecule has 1 fully saturated rings. The summed E-state index contributed by atoms with van der Waals surface area (Å²) < 4.78 is 79.9. The SMILES string of the molecule is FC(F)(F)c1cc(C(F)(F)F)cc(C2(CC(Cl)(Cl)Cl)CO2)c1. The van der Waals surface area contributed by atoms with Crippen molar-refractivity contribution in [3.8, 4) is 0 Å². The van der Waals surface area contributed by atoms with Gasteiger partial charge in [0.1, 0.15) is 5.60 Å². The zero-order valence-corrected chi connectivity index (χ0v) is 12.7. The van der Waals surface area contributed by atoms with Gasteiger partial charge in [-0.25, -0.2) is 0 Å². The molecule has 0 amide bonds. The average molecular weight is 388 g/mol. The summed E-state index contributed by atoms with van der Waals surface area (Å²) >= 11 is 16.7. The van der Waals surface area contributed by atoms with Gasteiger partial charge in [0, 0.05) is 6.42 Å². The van der Waals surface area contributed by atoms with Crippen LogP contribution in [-0.4, -0.2) is 10.4 Å². The van der Waals surface area contributed by atoms with Crippen molar-refractivity contribution in [2.24, 2.45) is 0 Å². The van der Waals surface area contributed by atoms with Crippen molar-refractivity contribution in [1.82, 2.24) is 0 Å². The fourth-order valence-electron chi connectivity index (χ4n) is 2.00. The number of hydrogen-bond acceptors (Lipinski definition) is 1. The summed E-state index contributed by atoms with van der Waals surface area (Å²) in [7, 11) is 0. The smallest absolute Gasteiger partial charge is 0.364 e. The molecule has 1 heterocycles. The minimum atomic E-state index is -4.94. The van der Waals surface area contributed by atoms with E-state index in [0.717, 1.165) is 0 Å². The molecule has 2 rings (SSSR count). The Labute approximate surface area is 136 Å². The van der Waals surface area contributed by atoms with Crippen molar-refractivity contribution in [2.45, 2.75) is 28.2 Å². The lowest BCUT2D eigenvalue weighted by atomic mass is 9.93. The van der Waals surface area contributed by atoms with Gasteiger partial charge in [-0.05, 0) is 23.8 Å². The first-order chi connectivity index (χ1) is 9.73. The van der Waals surface area contributed by atoms with Crippen molar-refractivity contribution in [3.63, 3.8) is 0 Å². The van der Waals surface area contributed by atoms with Crippen LogP contribution in [0.25, 0.3) is 0 Å². The molecule has 0 radical (unpaired) electrons. The topological polar surface area (TPSA) is 12.5 Å². The maximum Gasteiger partial charge on any atom is 0.416 e. The Morgan fingerprint density at radius 1 is 0.909 bits per heavy atom. The molecular formula is C12H7Cl3F6O. The van der Waals surface area contributed by atoms with Crippen LogP contribution >= 0.6 is 34.8 Å². The maximum atomic E-state index is 12.8. The van der Waals surface area contributed by atoms with E-state index in [4.69, 9.17) is 39.5 Å².